The summed E-state index contributed by atoms with van der Waals surface area (Å²) >= 11 is 0. The van der Waals surface area contributed by atoms with Crippen molar-refractivity contribution in [3.05, 3.63) is 0 Å². The van der Waals surface area contributed by atoms with Crippen molar-refractivity contribution in [1.82, 2.24) is 0 Å². The molecule has 0 aromatic rings. The first-order valence-electron chi connectivity index (χ1n) is 3.62. The van der Waals surface area contributed by atoms with Gasteiger partial charge in [-0.1, -0.05) is 13.8 Å². The lowest BCUT2D eigenvalue weighted by molar-refractivity contribution is -0.879. The highest BCUT2D eigenvalue weighted by Crippen LogP contribution is 1.65. The standard InChI is InChI=1S/C7H17N.BrH/c1-4-6-8(3)7-5-2;/h4-7H2,1-3H3;1H. The molecule has 0 aliphatic heterocycles. The monoisotopic (exact) mass is 195 g/mol. The minimum atomic E-state index is 0. The lowest BCUT2D eigenvalue weighted by atomic mass is 10.4. The average Bonchev–Trinajstić information content (AvgIpc) is 1.68. The van der Waals surface area contributed by atoms with Gasteiger partial charge in [0.15, 0.2) is 0 Å². The minimum absolute atomic E-state index is 0. The summed E-state index contributed by atoms with van der Waals surface area (Å²) in [5.41, 5.74) is 0. The van der Waals surface area contributed by atoms with Gasteiger partial charge in [-0.15, -0.1) is 0 Å². The summed E-state index contributed by atoms with van der Waals surface area (Å²) in [6.07, 6.45) is 2.62. The van der Waals surface area contributed by atoms with Crippen LogP contribution in [-0.4, -0.2) is 20.1 Å². The maximum Gasteiger partial charge on any atom is 0.0766 e. The highest BCUT2D eigenvalue weighted by atomic mass is 79.9. The molecule has 0 spiro atoms. The van der Waals surface area contributed by atoms with Crippen LogP contribution in [0.1, 0.15) is 26.7 Å². The highest BCUT2D eigenvalue weighted by molar-refractivity contribution is 4.22. The maximum atomic E-state index is 2.26. The van der Waals surface area contributed by atoms with Crippen LogP contribution in [-0.2, 0) is 0 Å². The van der Waals surface area contributed by atoms with Gasteiger partial charge in [-0.3, -0.25) is 0 Å². The third-order valence-electron chi connectivity index (χ3n) is 1.35. The Hall–Kier alpha value is 0.440. The molecule has 2 heteroatoms. The number of hydrogen-bond acceptors (Lipinski definition) is 0. The highest BCUT2D eigenvalue weighted by Gasteiger charge is 1.93. The van der Waals surface area contributed by atoms with E-state index >= 15 is 0 Å². The van der Waals surface area contributed by atoms with Crippen LogP contribution in [0.4, 0.5) is 0 Å². The Morgan fingerprint density at radius 1 is 1.00 bits per heavy atom. The fourth-order valence-corrected chi connectivity index (χ4v) is 0.979. The molecule has 0 aliphatic rings. The zero-order valence-electron chi connectivity index (χ0n) is 6.71. The average molecular weight is 196 g/mol. The minimum Gasteiger partial charge on any atom is -1.00 e. The molecule has 9 heavy (non-hydrogen) atoms. The van der Waals surface area contributed by atoms with Crippen LogP contribution in [0, 0.1) is 0 Å². The Morgan fingerprint density at radius 3 is 1.56 bits per heavy atom. The normalized spacial score (nSPS) is 9.33. The molecule has 0 aromatic carbocycles. The predicted octanol–water partition coefficient (Wildman–Crippen LogP) is -2.67. The molecule has 1 nitrogen and oxygen atoms in total. The summed E-state index contributed by atoms with van der Waals surface area (Å²) in [6, 6.07) is 0. The number of hydrogen-bond donors (Lipinski definition) is 1. The van der Waals surface area contributed by atoms with E-state index in [1.165, 1.54) is 25.9 Å². The van der Waals surface area contributed by atoms with E-state index in [0.717, 1.165) is 0 Å². The van der Waals surface area contributed by atoms with Gasteiger partial charge in [-0.05, 0) is 12.8 Å². The second kappa shape index (κ2) is 8.44. The molecule has 1 N–H and O–H groups in total. The third-order valence-corrected chi connectivity index (χ3v) is 1.35. The Bertz CT molecular complexity index is 42.2. The van der Waals surface area contributed by atoms with E-state index in [0.29, 0.717) is 0 Å². The molecule has 0 unspecified atom stereocenters. The summed E-state index contributed by atoms with van der Waals surface area (Å²) in [5, 5.41) is 0. The van der Waals surface area contributed by atoms with Crippen molar-refractivity contribution < 1.29 is 21.9 Å². The SMILES string of the molecule is CCC[NH+](C)CCC.[Br-]. The molecule has 0 saturated heterocycles. The number of nitrogens with one attached hydrogen (secondary N) is 1. The van der Waals surface area contributed by atoms with Crippen molar-refractivity contribution in [3.8, 4) is 0 Å². The molecule has 58 valence electrons. The van der Waals surface area contributed by atoms with Crippen LogP contribution in [0.2, 0.25) is 0 Å². The fraction of sp³-hybridized carbons (Fsp3) is 1.00. The van der Waals surface area contributed by atoms with Crippen molar-refractivity contribution in [2.75, 3.05) is 20.1 Å². The van der Waals surface area contributed by atoms with Crippen LogP contribution in [0.15, 0.2) is 0 Å². The van der Waals surface area contributed by atoms with E-state index in [-0.39, 0.29) is 17.0 Å². The van der Waals surface area contributed by atoms with Crippen molar-refractivity contribution in [2.24, 2.45) is 0 Å². The molecular formula is C7H18BrN. The lowest BCUT2D eigenvalue weighted by Gasteiger charge is -2.09. The zero-order chi connectivity index (χ0) is 6.41. The van der Waals surface area contributed by atoms with Gasteiger partial charge in [0.2, 0.25) is 0 Å². The van der Waals surface area contributed by atoms with Crippen LogP contribution >= 0.6 is 0 Å². The second-order valence-corrected chi connectivity index (χ2v) is 2.46. The summed E-state index contributed by atoms with van der Waals surface area (Å²) in [6.45, 7) is 7.12. The molecule has 0 fully saturated rings. The second-order valence-electron chi connectivity index (χ2n) is 2.46. The predicted molar refractivity (Wildman–Crippen MR) is 37.2 cm³/mol. The van der Waals surface area contributed by atoms with Crippen LogP contribution < -0.4 is 21.9 Å². The molecule has 0 atom stereocenters. The van der Waals surface area contributed by atoms with E-state index in [2.05, 4.69) is 20.9 Å². The van der Waals surface area contributed by atoms with E-state index < -0.39 is 0 Å². The smallest absolute Gasteiger partial charge is 0.0766 e. The van der Waals surface area contributed by atoms with Crippen molar-refractivity contribution in [3.63, 3.8) is 0 Å². The molecular weight excluding hydrogens is 178 g/mol. The van der Waals surface area contributed by atoms with E-state index in [1.54, 1.807) is 4.90 Å². The summed E-state index contributed by atoms with van der Waals surface area (Å²) < 4.78 is 0. The quantitative estimate of drug-likeness (QED) is 0.500. The molecule has 0 amide bonds. The van der Waals surface area contributed by atoms with Crippen molar-refractivity contribution >= 4 is 0 Å². The van der Waals surface area contributed by atoms with Gasteiger partial charge in [0.25, 0.3) is 0 Å². The summed E-state index contributed by atoms with van der Waals surface area (Å²) in [4.78, 5) is 1.66. The molecule has 0 saturated carbocycles. The van der Waals surface area contributed by atoms with Gasteiger partial charge in [0.1, 0.15) is 0 Å². The Balaban J connectivity index is 0. The first kappa shape index (κ1) is 12.1. The Kier molecular flexibility index (Phi) is 11.4. The van der Waals surface area contributed by atoms with Crippen molar-refractivity contribution in [2.45, 2.75) is 26.7 Å². The third kappa shape index (κ3) is 8.44. The van der Waals surface area contributed by atoms with E-state index in [4.69, 9.17) is 0 Å². The van der Waals surface area contributed by atoms with Gasteiger partial charge >= 0.3 is 0 Å². The maximum absolute atomic E-state index is 2.26. The number of halogens is 1. The first-order chi connectivity index (χ1) is 3.81. The van der Waals surface area contributed by atoms with Gasteiger partial charge in [0, 0.05) is 0 Å². The topological polar surface area (TPSA) is 4.44 Å². The van der Waals surface area contributed by atoms with Crippen LogP contribution in [0.25, 0.3) is 0 Å². The molecule has 0 radical (unpaired) electrons. The van der Waals surface area contributed by atoms with Gasteiger partial charge < -0.3 is 21.9 Å². The fourth-order valence-electron chi connectivity index (χ4n) is 0.979. The van der Waals surface area contributed by atoms with Gasteiger partial charge in [0.05, 0.1) is 20.1 Å². The van der Waals surface area contributed by atoms with Crippen LogP contribution in [0.5, 0.6) is 0 Å². The summed E-state index contributed by atoms with van der Waals surface area (Å²) in [7, 11) is 2.26. The Labute approximate surface area is 69.2 Å². The van der Waals surface area contributed by atoms with Gasteiger partial charge in [-0.2, -0.15) is 0 Å². The van der Waals surface area contributed by atoms with E-state index in [9.17, 15) is 0 Å². The number of quaternary nitrogens is 1. The van der Waals surface area contributed by atoms with E-state index in [1.807, 2.05) is 0 Å². The van der Waals surface area contributed by atoms with Crippen molar-refractivity contribution in [1.29, 1.82) is 0 Å². The summed E-state index contributed by atoms with van der Waals surface area (Å²) in [5.74, 6) is 0. The zero-order valence-corrected chi connectivity index (χ0v) is 8.29. The largest absolute Gasteiger partial charge is 1.00 e. The first-order valence-corrected chi connectivity index (χ1v) is 3.62. The lowest BCUT2D eigenvalue weighted by Crippen LogP contribution is -3.08. The Morgan fingerprint density at radius 2 is 1.33 bits per heavy atom. The van der Waals surface area contributed by atoms with Crippen LogP contribution in [0.3, 0.4) is 0 Å². The molecule has 0 aliphatic carbocycles. The molecule has 0 bridgehead atoms. The molecule has 0 aromatic heterocycles. The number of rotatable bonds is 4. The van der Waals surface area contributed by atoms with Gasteiger partial charge in [-0.25, -0.2) is 0 Å². The molecule has 0 rings (SSSR count). The molecule has 0 heterocycles.